The highest BCUT2D eigenvalue weighted by Crippen LogP contribution is 2.29. The number of nitrogens with one attached hydrogen (secondary N) is 1. The number of ether oxygens (including phenoxy) is 1. The second kappa shape index (κ2) is 8.00. The number of rotatable bonds is 6. The van der Waals surface area contributed by atoms with Gasteiger partial charge in [0.25, 0.3) is 0 Å². The van der Waals surface area contributed by atoms with Gasteiger partial charge in [-0.3, -0.25) is 4.79 Å². The highest BCUT2D eigenvalue weighted by Gasteiger charge is 2.30. The lowest BCUT2D eigenvalue weighted by Gasteiger charge is -2.15. The van der Waals surface area contributed by atoms with Crippen molar-refractivity contribution in [3.05, 3.63) is 65.5 Å². The summed E-state index contributed by atoms with van der Waals surface area (Å²) in [6, 6.07) is 9.99. The first-order chi connectivity index (χ1) is 11.8. The molecule has 0 fully saturated rings. The maximum Gasteiger partial charge on any atom is 0.416 e. The van der Waals surface area contributed by atoms with Crippen LogP contribution in [0.1, 0.15) is 30.5 Å². The molecule has 2 aromatic rings. The van der Waals surface area contributed by atoms with Crippen molar-refractivity contribution in [3.63, 3.8) is 0 Å². The highest BCUT2D eigenvalue weighted by molar-refractivity contribution is 5.76. The van der Waals surface area contributed by atoms with Crippen LogP contribution in [-0.2, 0) is 11.0 Å². The van der Waals surface area contributed by atoms with Gasteiger partial charge < -0.3 is 10.1 Å². The van der Waals surface area contributed by atoms with Gasteiger partial charge in [0.05, 0.1) is 24.6 Å². The van der Waals surface area contributed by atoms with Gasteiger partial charge in [-0.15, -0.1) is 0 Å². The minimum atomic E-state index is -4.39. The van der Waals surface area contributed by atoms with Crippen LogP contribution in [-0.4, -0.2) is 12.5 Å². The summed E-state index contributed by atoms with van der Waals surface area (Å²) in [6.07, 6.45) is -4.39. The Balaban J connectivity index is 1.82. The van der Waals surface area contributed by atoms with E-state index in [0.29, 0.717) is 5.56 Å². The van der Waals surface area contributed by atoms with E-state index in [-0.39, 0.29) is 24.7 Å². The van der Waals surface area contributed by atoms with E-state index in [0.717, 1.165) is 12.1 Å². The molecule has 1 unspecified atom stereocenters. The molecule has 0 aromatic heterocycles. The molecule has 0 radical (unpaired) electrons. The Hall–Kier alpha value is -2.57. The molecule has 0 heterocycles. The molecule has 0 bridgehead atoms. The smallest absolute Gasteiger partial charge is 0.416 e. The van der Waals surface area contributed by atoms with Gasteiger partial charge in [-0.1, -0.05) is 24.3 Å². The van der Waals surface area contributed by atoms with Crippen molar-refractivity contribution in [3.8, 4) is 5.75 Å². The van der Waals surface area contributed by atoms with Gasteiger partial charge in [0, 0.05) is 0 Å². The molecular formula is C18H17F4NO2. The van der Waals surface area contributed by atoms with Gasteiger partial charge in [0.2, 0.25) is 5.91 Å². The van der Waals surface area contributed by atoms with Crippen LogP contribution in [0.15, 0.2) is 48.5 Å². The van der Waals surface area contributed by atoms with Crippen molar-refractivity contribution in [1.82, 2.24) is 5.32 Å². The third kappa shape index (κ3) is 5.48. The molecule has 2 aromatic carbocycles. The SMILES string of the molecule is CC(NC(=O)CCOc1ccccc1F)c1ccc(C(F)(F)F)cc1. The van der Waals surface area contributed by atoms with Gasteiger partial charge in [-0.2, -0.15) is 13.2 Å². The van der Waals surface area contributed by atoms with E-state index in [2.05, 4.69) is 5.32 Å². The molecule has 0 aliphatic rings. The average molecular weight is 355 g/mol. The Morgan fingerprint density at radius 1 is 1.12 bits per heavy atom. The number of para-hydroxylation sites is 1. The van der Waals surface area contributed by atoms with E-state index in [1.54, 1.807) is 13.0 Å². The molecule has 2 rings (SSSR count). The zero-order chi connectivity index (χ0) is 18.4. The van der Waals surface area contributed by atoms with E-state index in [1.165, 1.54) is 30.3 Å². The third-order valence-corrected chi connectivity index (χ3v) is 3.54. The largest absolute Gasteiger partial charge is 0.490 e. The lowest BCUT2D eigenvalue weighted by molar-refractivity contribution is -0.137. The number of hydrogen-bond donors (Lipinski definition) is 1. The molecular weight excluding hydrogens is 338 g/mol. The fraction of sp³-hybridized carbons (Fsp3) is 0.278. The molecule has 7 heteroatoms. The maximum absolute atomic E-state index is 13.4. The van der Waals surface area contributed by atoms with Crippen LogP contribution in [0.4, 0.5) is 17.6 Å². The van der Waals surface area contributed by atoms with E-state index >= 15 is 0 Å². The summed E-state index contributed by atoms with van der Waals surface area (Å²) in [5.41, 5.74) is -0.190. The summed E-state index contributed by atoms with van der Waals surface area (Å²) in [4.78, 5) is 11.9. The fourth-order valence-corrected chi connectivity index (χ4v) is 2.17. The molecule has 1 amide bonds. The van der Waals surface area contributed by atoms with Gasteiger partial charge in [-0.05, 0) is 36.8 Å². The summed E-state index contributed by atoms with van der Waals surface area (Å²) < 4.78 is 56.1. The van der Waals surface area contributed by atoms with Crippen molar-refractivity contribution in [1.29, 1.82) is 0 Å². The normalized spacial score (nSPS) is 12.5. The Morgan fingerprint density at radius 2 is 1.76 bits per heavy atom. The van der Waals surface area contributed by atoms with Crippen LogP contribution in [0.3, 0.4) is 0 Å². The van der Waals surface area contributed by atoms with Crippen molar-refractivity contribution in [2.75, 3.05) is 6.61 Å². The first-order valence-electron chi connectivity index (χ1n) is 7.61. The molecule has 25 heavy (non-hydrogen) atoms. The Bertz CT molecular complexity index is 714. The molecule has 0 saturated carbocycles. The van der Waals surface area contributed by atoms with Gasteiger partial charge in [-0.25, -0.2) is 4.39 Å². The van der Waals surface area contributed by atoms with Crippen LogP contribution in [0.25, 0.3) is 0 Å². The molecule has 1 atom stereocenters. The number of hydrogen-bond acceptors (Lipinski definition) is 2. The van der Waals surface area contributed by atoms with Crippen LogP contribution < -0.4 is 10.1 Å². The number of carbonyl (C=O) groups is 1. The van der Waals surface area contributed by atoms with E-state index < -0.39 is 23.6 Å². The van der Waals surface area contributed by atoms with Gasteiger partial charge in [0.15, 0.2) is 11.6 Å². The first kappa shape index (κ1) is 18.8. The standard InChI is InChI=1S/C18H17F4NO2/c1-12(13-6-8-14(9-7-13)18(20,21)22)23-17(24)10-11-25-16-5-3-2-4-15(16)19/h2-9,12H,10-11H2,1H3,(H,23,24). The summed E-state index contributed by atoms with van der Waals surface area (Å²) in [7, 11) is 0. The molecule has 1 N–H and O–H groups in total. The summed E-state index contributed by atoms with van der Waals surface area (Å²) in [6.45, 7) is 1.66. The lowest BCUT2D eigenvalue weighted by Crippen LogP contribution is -2.28. The van der Waals surface area contributed by atoms with E-state index in [1.807, 2.05) is 0 Å². The average Bonchev–Trinajstić information content (AvgIpc) is 2.56. The number of amides is 1. The van der Waals surface area contributed by atoms with Gasteiger partial charge >= 0.3 is 6.18 Å². The number of halogens is 4. The minimum absolute atomic E-state index is 0.000686. The second-order valence-electron chi connectivity index (χ2n) is 5.44. The quantitative estimate of drug-likeness (QED) is 0.776. The van der Waals surface area contributed by atoms with Crippen molar-refractivity contribution < 1.29 is 27.1 Å². The van der Waals surface area contributed by atoms with Crippen LogP contribution in [0.5, 0.6) is 5.75 Å². The van der Waals surface area contributed by atoms with Crippen LogP contribution in [0, 0.1) is 5.82 Å². The van der Waals surface area contributed by atoms with E-state index in [9.17, 15) is 22.4 Å². The number of benzene rings is 2. The molecule has 134 valence electrons. The Morgan fingerprint density at radius 3 is 2.36 bits per heavy atom. The van der Waals surface area contributed by atoms with Crippen molar-refractivity contribution in [2.24, 2.45) is 0 Å². The topological polar surface area (TPSA) is 38.3 Å². The predicted octanol–water partition coefficient (Wildman–Crippen LogP) is 4.49. The summed E-state index contributed by atoms with van der Waals surface area (Å²) in [5, 5.41) is 2.66. The fourth-order valence-electron chi connectivity index (χ4n) is 2.17. The second-order valence-corrected chi connectivity index (χ2v) is 5.44. The molecule has 0 spiro atoms. The monoisotopic (exact) mass is 355 g/mol. The lowest BCUT2D eigenvalue weighted by atomic mass is 10.1. The molecule has 0 saturated heterocycles. The summed E-state index contributed by atoms with van der Waals surface area (Å²) in [5.74, 6) is -0.796. The summed E-state index contributed by atoms with van der Waals surface area (Å²) >= 11 is 0. The number of carbonyl (C=O) groups excluding carboxylic acids is 1. The zero-order valence-electron chi connectivity index (χ0n) is 13.4. The first-order valence-corrected chi connectivity index (χ1v) is 7.61. The van der Waals surface area contributed by atoms with E-state index in [4.69, 9.17) is 4.74 Å². The zero-order valence-corrected chi connectivity index (χ0v) is 13.4. The Labute approximate surface area is 142 Å². The van der Waals surface area contributed by atoms with Crippen molar-refractivity contribution >= 4 is 5.91 Å². The van der Waals surface area contributed by atoms with Gasteiger partial charge in [0.1, 0.15) is 0 Å². The van der Waals surface area contributed by atoms with Crippen LogP contribution in [0.2, 0.25) is 0 Å². The highest BCUT2D eigenvalue weighted by atomic mass is 19.4. The number of alkyl halides is 3. The molecule has 0 aliphatic carbocycles. The maximum atomic E-state index is 13.4. The molecule has 0 aliphatic heterocycles. The predicted molar refractivity (Wildman–Crippen MR) is 84.5 cm³/mol. The molecule has 3 nitrogen and oxygen atoms in total. The minimum Gasteiger partial charge on any atom is -0.490 e. The van der Waals surface area contributed by atoms with Crippen molar-refractivity contribution in [2.45, 2.75) is 25.6 Å². The van der Waals surface area contributed by atoms with Crippen LogP contribution >= 0.6 is 0 Å². The Kier molecular flexibility index (Phi) is 6.01. The third-order valence-electron chi connectivity index (χ3n) is 3.54.